The van der Waals surface area contributed by atoms with Crippen molar-refractivity contribution in [2.24, 2.45) is 0 Å². The number of anilines is 1. The van der Waals surface area contributed by atoms with E-state index in [0.29, 0.717) is 4.47 Å². The molecule has 0 spiro atoms. The molecule has 1 aliphatic heterocycles. The summed E-state index contributed by atoms with van der Waals surface area (Å²) in [7, 11) is 0. The van der Waals surface area contributed by atoms with Crippen LogP contribution < -0.4 is 5.32 Å². The zero-order valence-electron chi connectivity index (χ0n) is 9.51. The summed E-state index contributed by atoms with van der Waals surface area (Å²) in [4.78, 5) is 11.9. The lowest BCUT2D eigenvalue weighted by Gasteiger charge is -2.20. The minimum Gasteiger partial charge on any atom is -0.320 e. The number of benzene rings is 1. The molecule has 1 aromatic carbocycles. The van der Waals surface area contributed by atoms with E-state index < -0.39 is 11.6 Å². The van der Waals surface area contributed by atoms with Gasteiger partial charge in [0.2, 0.25) is 5.91 Å². The number of halogens is 3. The van der Waals surface area contributed by atoms with E-state index >= 15 is 0 Å². The summed E-state index contributed by atoms with van der Waals surface area (Å²) in [5.74, 6) is -0.935. The minimum atomic E-state index is -0.768. The van der Waals surface area contributed by atoms with Crippen molar-refractivity contribution >= 4 is 39.3 Å². The van der Waals surface area contributed by atoms with Crippen molar-refractivity contribution < 1.29 is 13.6 Å². The normalized spacial score (nSPS) is 19.6. The number of carbonyl (C=O) groups is 1. The van der Waals surface area contributed by atoms with Crippen LogP contribution in [0.5, 0.6) is 0 Å². The van der Waals surface area contributed by atoms with Crippen molar-refractivity contribution in [3.05, 3.63) is 28.2 Å². The second-order valence-electron chi connectivity index (χ2n) is 4.09. The fraction of sp³-hybridized carbons (Fsp3) is 0.417. The number of carbonyl (C=O) groups excluding carboxylic acids is 1. The van der Waals surface area contributed by atoms with Crippen LogP contribution >= 0.6 is 27.7 Å². The van der Waals surface area contributed by atoms with Crippen LogP contribution in [0.4, 0.5) is 14.5 Å². The maximum absolute atomic E-state index is 13.5. The fourth-order valence-corrected chi connectivity index (χ4v) is 3.41. The Bertz CT molecular complexity index is 440. The largest absolute Gasteiger partial charge is 0.320 e. The lowest BCUT2D eigenvalue weighted by atomic mass is 10.1. The predicted molar refractivity (Wildman–Crippen MR) is 72.8 cm³/mol. The van der Waals surface area contributed by atoms with Crippen LogP contribution in [0.2, 0.25) is 0 Å². The zero-order valence-corrected chi connectivity index (χ0v) is 11.9. The molecule has 1 N–H and O–H groups in total. The molecule has 1 saturated heterocycles. The van der Waals surface area contributed by atoms with Crippen molar-refractivity contribution in [2.75, 3.05) is 11.1 Å². The molecule has 1 aliphatic rings. The quantitative estimate of drug-likeness (QED) is 0.886. The highest BCUT2D eigenvalue weighted by Gasteiger charge is 2.23. The van der Waals surface area contributed by atoms with Gasteiger partial charge in [-0.1, -0.05) is 22.4 Å². The minimum absolute atomic E-state index is 0.207. The van der Waals surface area contributed by atoms with E-state index in [-0.39, 0.29) is 16.8 Å². The van der Waals surface area contributed by atoms with E-state index in [0.717, 1.165) is 37.1 Å². The Labute approximate surface area is 117 Å². The summed E-state index contributed by atoms with van der Waals surface area (Å²) in [6.07, 6.45) is 2.84. The van der Waals surface area contributed by atoms with Crippen LogP contribution in [0.1, 0.15) is 19.3 Å². The number of rotatable bonds is 2. The highest BCUT2D eigenvalue weighted by Crippen LogP contribution is 2.28. The Morgan fingerprint density at radius 2 is 2.00 bits per heavy atom. The van der Waals surface area contributed by atoms with Gasteiger partial charge in [0.15, 0.2) is 11.6 Å². The van der Waals surface area contributed by atoms with Gasteiger partial charge in [-0.3, -0.25) is 4.79 Å². The average molecular weight is 336 g/mol. The Kier molecular flexibility index (Phi) is 4.61. The lowest BCUT2D eigenvalue weighted by molar-refractivity contribution is -0.115. The van der Waals surface area contributed by atoms with Gasteiger partial charge in [-0.25, -0.2) is 8.78 Å². The summed E-state index contributed by atoms with van der Waals surface area (Å²) in [5.41, 5.74) is -0.366. The molecule has 1 unspecified atom stereocenters. The number of thioether (sulfide) groups is 1. The van der Waals surface area contributed by atoms with Gasteiger partial charge < -0.3 is 5.32 Å². The third-order valence-corrected chi connectivity index (χ3v) is 4.56. The highest BCUT2D eigenvalue weighted by molar-refractivity contribution is 9.10. The second-order valence-corrected chi connectivity index (χ2v) is 6.32. The van der Waals surface area contributed by atoms with Gasteiger partial charge in [-0.2, -0.15) is 0 Å². The molecular formula is C12H12BrF2NOS. The first-order valence-corrected chi connectivity index (χ1v) is 7.49. The molecule has 18 heavy (non-hydrogen) atoms. The molecular weight excluding hydrogens is 324 g/mol. The summed E-state index contributed by atoms with van der Waals surface area (Å²) in [6.45, 7) is 0. The van der Waals surface area contributed by atoms with Crippen LogP contribution in [0.15, 0.2) is 16.6 Å². The van der Waals surface area contributed by atoms with Crippen LogP contribution in [-0.4, -0.2) is 16.9 Å². The van der Waals surface area contributed by atoms with Crippen molar-refractivity contribution in [3.8, 4) is 0 Å². The maximum Gasteiger partial charge on any atom is 0.237 e. The third kappa shape index (κ3) is 3.23. The first-order valence-electron chi connectivity index (χ1n) is 5.65. The van der Waals surface area contributed by atoms with Gasteiger partial charge in [0.25, 0.3) is 0 Å². The van der Waals surface area contributed by atoms with Gasteiger partial charge in [-0.15, -0.1) is 11.8 Å². The van der Waals surface area contributed by atoms with E-state index in [1.165, 1.54) is 11.8 Å². The topological polar surface area (TPSA) is 29.1 Å². The second kappa shape index (κ2) is 6.02. The first kappa shape index (κ1) is 13.8. The highest BCUT2D eigenvalue weighted by atomic mass is 79.9. The molecule has 1 aromatic rings. The van der Waals surface area contributed by atoms with Crippen molar-refractivity contribution in [1.82, 2.24) is 0 Å². The number of hydrogen-bond donors (Lipinski definition) is 1. The van der Waals surface area contributed by atoms with Crippen LogP contribution in [0.3, 0.4) is 0 Å². The Morgan fingerprint density at radius 1 is 1.33 bits per heavy atom. The van der Waals surface area contributed by atoms with Crippen molar-refractivity contribution in [1.29, 1.82) is 0 Å². The molecule has 0 bridgehead atoms. The van der Waals surface area contributed by atoms with Crippen LogP contribution in [0, 0.1) is 11.6 Å². The van der Waals surface area contributed by atoms with E-state index in [1.54, 1.807) is 0 Å². The number of nitrogens with one attached hydrogen (secondary N) is 1. The molecule has 1 atom stereocenters. The SMILES string of the molecule is O=C(Nc1c(F)cc(Br)cc1F)C1CCCCS1. The molecule has 1 fully saturated rings. The average Bonchev–Trinajstić information content (AvgIpc) is 2.34. The van der Waals surface area contributed by atoms with Gasteiger partial charge in [-0.05, 0) is 30.7 Å². The molecule has 2 nitrogen and oxygen atoms in total. The lowest BCUT2D eigenvalue weighted by Crippen LogP contribution is -2.28. The van der Waals surface area contributed by atoms with Gasteiger partial charge in [0, 0.05) is 4.47 Å². The standard InChI is InChI=1S/C12H12BrF2NOS/c13-7-5-8(14)11(9(15)6-7)16-12(17)10-3-1-2-4-18-10/h5-6,10H,1-4H2,(H,16,17). The molecule has 0 aliphatic carbocycles. The summed E-state index contributed by atoms with van der Waals surface area (Å²) in [5, 5.41) is 2.14. The summed E-state index contributed by atoms with van der Waals surface area (Å²) < 4.78 is 27.4. The maximum atomic E-state index is 13.5. The Morgan fingerprint density at radius 3 is 2.56 bits per heavy atom. The Hall–Kier alpha value is -0.620. The molecule has 0 aromatic heterocycles. The molecule has 6 heteroatoms. The molecule has 1 amide bonds. The van der Waals surface area contributed by atoms with Crippen LogP contribution in [-0.2, 0) is 4.79 Å². The smallest absolute Gasteiger partial charge is 0.237 e. The monoisotopic (exact) mass is 335 g/mol. The van der Waals surface area contributed by atoms with Gasteiger partial charge >= 0.3 is 0 Å². The van der Waals surface area contributed by atoms with Gasteiger partial charge in [0.1, 0.15) is 5.69 Å². The summed E-state index contributed by atoms with van der Waals surface area (Å²) >= 11 is 4.53. The first-order chi connectivity index (χ1) is 8.58. The van der Waals surface area contributed by atoms with E-state index in [4.69, 9.17) is 0 Å². The third-order valence-electron chi connectivity index (χ3n) is 2.73. The van der Waals surface area contributed by atoms with Crippen LogP contribution in [0.25, 0.3) is 0 Å². The molecule has 0 radical (unpaired) electrons. The van der Waals surface area contributed by atoms with E-state index in [1.807, 2.05) is 0 Å². The predicted octanol–water partition coefficient (Wildman–Crippen LogP) is 3.95. The summed E-state index contributed by atoms with van der Waals surface area (Å²) in [6, 6.07) is 2.26. The molecule has 0 saturated carbocycles. The Balaban J connectivity index is 2.11. The van der Waals surface area contributed by atoms with Crippen molar-refractivity contribution in [3.63, 3.8) is 0 Å². The number of amides is 1. The molecule has 2 rings (SSSR count). The molecule has 98 valence electrons. The van der Waals surface area contributed by atoms with E-state index in [2.05, 4.69) is 21.2 Å². The van der Waals surface area contributed by atoms with Crippen molar-refractivity contribution in [2.45, 2.75) is 24.5 Å². The molecule has 1 heterocycles. The number of hydrogen-bond acceptors (Lipinski definition) is 2. The van der Waals surface area contributed by atoms with Gasteiger partial charge in [0.05, 0.1) is 5.25 Å². The fourth-order valence-electron chi connectivity index (χ4n) is 1.81. The zero-order chi connectivity index (χ0) is 13.1. The van der Waals surface area contributed by atoms with E-state index in [9.17, 15) is 13.6 Å².